The van der Waals surface area contributed by atoms with E-state index in [-0.39, 0.29) is 11.4 Å². The number of pyridine rings is 2. The molecule has 4 heterocycles. The van der Waals surface area contributed by atoms with Crippen molar-refractivity contribution >= 4 is 11.6 Å². The Labute approximate surface area is 141 Å². The standard InChI is InChI=1S/C18H21FN4O/c19-15-5-3-9-21-17(15)23-10-4-7-18(14-23)13-22(11-12-24-18)16-6-1-2-8-20-16/h1-3,5-6,8-9H,4,7,10-14H2/t18-/m1/s1. The number of hydrogen-bond donors (Lipinski definition) is 0. The van der Waals surface area contributed by atoms with E-state index in [4.69, 9.17) is 4.74 Å². The molecule has 1 spiro atoms. The Morgan fingerprint density at radius 3 is 2.71 bits per heavy atom. The lowest BCUT2D eigenvalue weighted by Crippen LogP contribution is -2.60. The van der Waals surface area contributed by atoms with Gasteiger partial charge in [0.25, 0.3) is 0 Å². The third-order valence-corrected chi connectivity index (χ3v) is 4.80. The highest BCUT2D eigenvalue weighted by Gasteiger charge is 2.41. The normalized spacial score (nSPS) is 24.4. The lowest BCUT2D eigenvalue weighted by Gasteiger charge is -2.48. The second kappa shape index (κ2) is 6.36. The van der Waals surface area contributed by atoms with E-state index in [0.29, 0.717) is 19.0 Å². The van der Waals surface area contributed by atoms with E-state index >= 15 is 0 Å². The maximum atomic E-state index is 14.1. The summed E-state index contributed by atoms with van der Waals surface area (Å²) in [5.74, 6) is 1.13. The topological polar surface area (TPSA) is 41.5 Å². The lowest BCUT2D eigenvalue weighted by atomic mass is 9.90. The van der Waals surface area contributed by atoms with Crippen molar-refractivity contribution in [1.82, 2.24) is 9.97 Å². The zero-order chi connectivity index (χ0) is 16.4. The van der Waals surface area contributed by atoms with E-state index in [1.165, 1.54) is 6.07 Å². The molecule has 0 unspecified atom stereocenters. The monoisotopic (exact) mass is 328 g/mol. The van der Waals surface area contributed by atoms with Crippen LogP contribution < -0.4 is 9.80 Å². The lowest BCUT2D eigenvalue weighted by molar-refractivity contribution is -0.0632. The fourth-order valence-corrected chi connectivity index (χ4v) is 3.72. The zero-order valence-electron chi connectivity index (χ0n) is 13.6. The quantitative estimate of drug-likeness (QED) is 0.847. The average molecular weight is 328 g/mol. The summed E-state index contributed by atoms with van der Waals surface area (Å²) in [6, 6.07) is 9.04. The molecule has 2 aromatic rings. The van der Waals surface area contributed by atoms with Crippen molar-refractivity contribution in [2.24, 2.45) is 0 Å². The van der Waals surface area contributed by atoms with Crippen molar-refractivity contribution < 1.29 is 9.13 Å². The number of piperidine rings is 1. The van der Waals surface area contributed by atoms with E-state index < -0.39 is 0 Å². The van der Waals surface area contributed by atoms with Gasteiger partial charge in [-0.2, -0.15) is 0 Å². The Morgan fingerprint density at radius 2 is 1.88 bits per heavy atom. The molecule has 24 heavy (non-hydrogen) atoms. The van der Waals surface area contributed by atoms with Gasteiger partial charge in [0.2, 0.25) is 0 Å². The van der Waals surface area contributed by atoms with Gasteiger partial charge in [0.05, 0.1) is 19.7 Å². The minimum Gasteiger partial charge on any atom is -0.369 e. The predicted octanol–water partition coefficient (Wildman–Crippen LogP) is 2.49. The van der Waals surface area contributed by atoms with E-state index in [0.717, 1.165) is 38.3 Å². The SMILES string of the molecule is Fc1cccnc1N1CCC[C@@]2(CN(c3ccccn3)CCO2)C1. The molecule has 0 aliphatic carbocycles. The number of nitrogens with zero attached hydrogens (tertiary/aromatic N) is 4. The molecular weight excluding hydrogens is 307 g/mol. The number of hydrogen-bond acceptors (Lipinski definition) is 5. The Hall–Kier alpha value is -2.21. The highest BCUT2D eigenvalue weighted by molar-refractivity contribution is 5.43. The first kappa shape index (κ1) is 15.3. The van der Waals surface area contributed by atoms with Crippen LogP contribution in [0.5, 0.6) is 0 Å². The third kappa shape index (κ3) is 2.94. The summed E-state index contributed by atoms with van der Waals surface area (Å²) in [7, 11) is 0. The summed E-state index contributed by atoms with van der Waals surface area (Å²) >= 11 is 0. The van der Waals surface area contributed by atoms with Crippen LogP contribution in [-0.4, -0.2) is 48.4 Å². The number of anilines is 2. The molecule has 4 rings (SSSR count). The van der Waals surface area contributed by atoms with Gasteiger partial charge in [-0.3, -0.25) is 0 Å². The van der Waals surface area contributed by atoms with Crippen LogP contribution >= 0.6 is 0 Å². The van der Waals surface area contributed by atoms with E-state index in [1.54, 1.807) is 12.3 Å². The number of morpholine rings is 1. The first-order valence-electron chi connectivity index (χ1n) is 8.41. The zero-order valence-corrected chi connectivity index (χ0v) is 13.6. The maximum absolute atomic E-state index is 14.1. The van der Waals surface area contributed by atoms with Gasteiger partial charge in [0, 0.05) is 25.5 Å². The molecule has 6 heteroatoms. The maximum Gasteiger partial charge on any atom is 0.165 e. The van der Waals surface area contributed by atoms with Gasteiger partial charge in [0.1, 0.15) is 11.4 Å². The van der Waals surface area contributed by atoms with Crippen LogP contribution in [-0.2, 0) is 4.74 Å². The Kier molecular flexibility index (Phi) is 4.06. The van der Waals surface area contributed by atoms with Crippen LogP contribution in [0.25, 0.3) is 0 Å². The average Bonchev–Trinajstić information content (AvgIpc) is 2.63. The van der Waals surface area contributed by atoms with Gasteiger partial charge in [-0.1, -0.05) is 6.07 Å². The molecule has 0 saturated carbocycles. The molecule has 1 atom stereocenters. The molecule has 2 aliphatic rings. The fraction of sp³-hybridized carbons (Fsp3) is 0.444. The molecule has 2 aliphatic heterocycles. The highest BCUT2D eigenvalue weighted by atomic mass is 19.1. The molecule has 0 bridgehead atoms. The van der Waals surface area contributed by atoms with Crippen LogP contribution in [0.3, 0.4) is 0 Å². The summed E-state index contributed by atoms with van der Waals surface area (Å²) in [6.07, 6.45) is 5.39. The molecular formula is C18H21FN4O. The number of halogens is 1. The Bertz CT molecular complexity index is 694. The van der Waals surface area contributed by atoms with E-state index in [1.807, 2.05) is 29.3 Å². The van der Waals surface area contributed by atoms with Crippen molar-refractivity contribution in [2.75, 3.05) is 42.6 Å². The van der Waals surface area contributed by atoms with Gasteiger partial charge in [-0.05, 0) is 37.1 Å². The van der Waals surface area contributed by atoms with E-state index in [2.05, 4.69) is 14.9 Å². The summed E-state index contributed by atoms with van der Waals surface area (Å²) in [4.78, 5) is 13.0. The summed E-state index contributed by atoms with van der Waals surface area (Å²) in [6.45, 7) is 3.73. The van der Waals surface area contributed by atoms with Crippen molar-refractivity contribution in [3.63, 3.8) is 0 Å². The second-order valence-electron chi connectivity index (χ2n) is 6.47. The van der Waals surface area contributed by atoms with Crippen LogP contribution in [0.2, 0.25) is 0 Å². The van der Waals surface area contributed by atoms with Crippen LogP contribution in [0.15, 0.2) is 42.7 Å². The third-order valence-electron chi connectivity index (χ3n) is 4.80. The second-order valence-corrected chi connectivity index (χ2v) is 6.47. The molecule has 2 fully saturated rings. The first-order valence-corrected chi connectivity index (χ1v) is 8.41. The molecule has 0 N–H and O–H groups in total. The summed E-state index contributed by atoms with van der Waals surface area (Å²) < 4.78 is 20.3. The fourth-order valence-electron chi connectivity index (χ4n) is 3.72. The number of ether oxygens (including phenoxy) is 1. The van der Waals surface area contributed by atoms with E-state index in [9.17, 15) is 4.39 Å². The van der Waals surface area contributed by atoms with Crippen molar-refractivity contribution in [2.45, 2.75) is 18.4 Å². The van der Waals surface area contributed by atoms with Crippen LogP contribution in [0, 0.1) is 5.82 Å². The van der Waals surface area contributed by atoms with Crippen LogP contribution in [0.4, 0.5) is 16.0 Å². The molecule has 2 saturated heterocycles. The van der Waals surface area contributed by atoms with Gasteiger partial charge in [-0.15, -0.1) is 0 Å². The van der Waals surface area contributed by atoms with Crippen molar-refractivity contribution in [3.05, 3.63) is 48.5 Å². The Morgan fingerprint density at radius 1 is 1.00 bits per heavy atom. The van der Waals surface area contributed by atoms with Crippen LogP contribution in [0.1, 0.15) is 12.8 Å². The van der Waals surface area contributed by atoms with Gasteiger partial charge in [0.15, 0.2) is 11.6 Å². The molecule has 0 radical (unpaired) electrons. The molecule has 2 aromatic heterocycles. The Balaban J connectivity index is 1.55. The highest BCUT2D eigenvalue weighted by Crippen LogP contribution is 2.32. The molecule has 0 aromatic carbocycles. The largest absolute Gasteiger partial charge is 0.369 e. The number of rotatable bonds is 2. The van der Waals surface area contributed by atoms with Crippen molar-refractivity contribution in [1.29, 1.82) is 0 Å². The van der Waals surface area contributed by atoms with Gasteiger partial charge in [-0.25, -0.2) is 14.4 Å². The van der Waals surface area contributed by atoms with Gasteiger partial charge < -0.3 is 14.5 Å². The minimum absolute atomic E-state index is 0.271. The van der Waals surface area contributed by atoms with Crippen molar-refractivity contribution in [3.8, 4) is 0 Å². The summed E-state index contributed by atoms with van der Waals surface area (Å²) in [5.41, 5.74) is -0.294. The van der Waals surface area contributed by atoms with Gasteiger partial charge >= 0.3 is 0 Å². The smallest absolute Gasteiger partial charge is 0.165 e. The predicted molar refractivity (Wildman–Crippen MR) is 90.8 cm³/mol. The number of aromatic nitrogens is 2. The summed E-state index contributed by atoms with van der Waals surface area (Å²) in [5, 5.41) is 0. The minimum atomic E-state index is -0.294. The molecule has 0 amide bonds. The first-order chi connectivity index (χ1) is 11.8. The molecule has 126 valence electrons. The molecule has 5 nitrogen and oxygen atoms in total.